The molecule has 11 heteroatoms. The first-order valence-corrected chi connectivity index (χ1v) is 13.3. The van der Waals surface area contributed by atoms with Gasteiger partial charge in [0.05, 0.1) is 33.7 Å². The van der Waals surface area contributed by atoms with Crippen molar-refractivity contribution in [1.29, 1.82) is 0 Å². The number of carbonyl (C=O) groups excluding carboxylic acids is 1. The van der Waals surface area contributed by atoms with Crippen molar-refractivity contribution in [3.05, 3.63) is 92.0 Å². The number of halogens is 4. The highest BCUT2D eigenvalue weighted by molar-refractivity contribution is 6.39. The van der Waals surface area contributed by atoms with Gasteiger partial charge in [0.25, 0.3) is 0 Å². The highest BCUT2D eigenvalue weighted by Crippen LogP contribution is 2.46. The molecule has 0 bridgehead atoms. The van der Waals surface area contributed by atoms with E-state index in [-0.39, 0.29) is 37.0 Å². The van der Waals surface area contributed by atoms with Crippen molar-refractivity contribution >= 4 is 46.9 Å². The summed E-state index contributed by atoms with van der Waals surface area (Å²) in [6, 6.07) is 11.4. The first-order valence-electron chi connectivity index (χ1n) is 12.2. The standard InChI is InChI=1S/C28H21Cl3FN3O4/c29-20-2-1-3-21(30)24(20)25-18(26(39-34-25)16-4-5-16)12-38-17-6-7-19(22(31)9-17)28(37)13-35(14-28)27-23(32)8-15(11-36)10-33-27/h1-3,6-11,16,37H,4-5,12-14H2. The van der Waals surface area contributed by atoms with E-state index in [1.165, 1.54) is 6.20 Å². The minimum Gasteiger partial charge on any atom is -0.489 e. The molecule has 200 valence electrons. The predicted molar refractivity (Wildman–Crippen MR) is 145 cm³/mol. The number of aromatic nitrogens is 2. The highest BCUT2D eigenvalue weighted by atomic mass is 35.5. The van der Waals surface area contributed by atoms with E-state index in [1.54, 1.807) is 41.3 Å². The molecule has 1 saturated heterocycles. The number of hydrogen-bond donors (Lipinski definition) is 1. The van der Waals surface area contributed by atoms with Crippen LogP contribution in [0.2, 0.25) is 15.1 Å². The van der Waals surface area contributed by atoms with E-state index in [4.69, 9.17) is 44.1 Å². The van der Waals surface area contributed by atoms with Gasteiger partial charge in [-0.15, -0.1) is 0 Å². The van der Waals surface area contributed by atoms with Crippen molar-refractivity contribution in [2.75, 3.05) is 18.0 Å². The number of ether oxygens (including phenoxy) is 1. The molecule has 1 aliphatic carbocycles. The van der Waals surface area contributed by atoms with Crippen molar-refractivity contribution in [2.45, 2.75) is 31.0 Å². The van der Waals surface area contributed by atoms with Crippen LogP contribution >= 0.6 is 34.8 Å². The quantitative estimate of drug-likeness (QED) is 0.226. The monoisotopic (exact) mass is 587 g/mol. The van der Waals surface area contributed by atoms with Gasteiger partial charge in [-0.2, -0.15) is 0 Å². The van der Waals surface area contributed by atoms with Gasteiger partial charge in [0.2, 0.25) is 0 Å². The molecule has 39 heavy (non-hydrogen) atoms. The summed E-state index contributed by atoms with van der Waals surface area (Å²) in [4.78, 5) is 16.4. The fourth-order valence-electron chi connectivity index (χ4n) is 4.81. The topological polar surface area (TPSA) is 88.7 Å². The third-order valence-corrected chi connectivity index (χ3v) is 7.92. The smallest absolute Gasteiger partial charge is 0.166 e. The Kier molecular flexibility index (Phi) is 6.75. The zero-order valence-electron chi connectivity index (χ0n) is 20.3. The summed E-state index contributed by atoms with van der Waals surface area (Å²) in [5.74, 6) is 0.959. The van der Waals surface area contributed by atoms with Crippen LogP contribution in [0.1, 0.15) is 46.0 Å². The zero-order chi connectivity index (χ0) is 27.3. The Balaban J connectivity index is 1.19. The molecule has 0 radical (unpaired) electrons. The van der Waals surface area contributed by atoms with Crippen LogP contribution in [-0.2, 0) is 12.2 Å². The van der Waals surface area contributed by atoms with Gasteiger partial charge in [0, 0.05) is 28.8 Å². The zero-order valence-corrected chi connectivity index (χ0v) is 22.6. The summed E-state index contributed by atoms with van der Waals surface area (Å²) >= 11 is 19.4. The van der Waals surface area contributed by atoms with Gasteiger partial charge in [-0.25, -0.2) is 9.37 Å². The summed E-state index contributed by atoms with van der Waals surface area (Å²) in [5, 5.41) is 16.7. The lowest BCUT2D eigenvalue weighted by Crippen LogP contribution is -2.60. The van der Waals surface area contributed by atoms with E-state index in [0.29, 0.717) is 43.9 Å². The third kappa shape index (κ3) is 4.87. The summed E-state index contributed by atoms with van der Waals surface area (Å²) in [6.07, 6.45) is 3.83. The first kappa shape index (κ1) is 26.1. The minimum atomic E-state index is -1.30. The number of β-amino-alcohol motifs (C(OH)–C–C–N with tert-alkyl or cyclic N) is 1. The number of carbonyl (C=O) groups is 1. The Morgan fingerprint density at radius 2 is 1.87 bits per heavy atom. The number of nitrogens with zero attached hydrogens (tertiary/aromatic N) is 3. The van der Waals surface area contributed by atoms with Gasteiger partial charge in [0.1, 0.15) is 29.4 Å². The van der Waals surface area contributed by atoms with Crippen LogP contribution in [0.5, 0.6) is 5.75 Å². The van der Waals surface area contributed by atoms with Gasteiger partial charge in [0.15, 0.2) is 17.9 Å². The van der Waals surface area contributed by atoms with E-state index in [2.05, 4.69) is 10.1 Å². The van der Waals surface area contributed by atoms with Gasteiger partial charge >= 0.3 is 0 Å². The molecule has 0 amide bonds. The largest absolute Gasteiger partial charge is 0.489 e. The van der Waals surface area contributed by atoms with Crippen LogP contribution in [0.3, 0.4) is 0 Å². The number of hydrogen-bond acceptors (Lipinski definition) is 7. The van der Waals surface area contributed by atoms with Crippen molar-refractivity contribution in [3.63, 3.8) is 0 Å². The minimum absolute atomic E-state index is 0.0657. The average Bonchev–Trinajstić information content (AvgIpc) is 3.66. The van der Waals surface area contributed by atoms with Gasteiger partial charge in [-0.05, 0) is 43.2 Å². The Hall–Kier alpha value is -3.17. The summed E-state index contributed by atoms with van der Waals surface area (Å²) in [6.45, 7) is 0.330. The van der Waals surface area contributed by atoms with Gasteiger partial charge in [-0.3, -0.25) is 4.79 Å². The molecular weight excluding hydrogens is 568 g/mol. The maximum absolute atomic E-state index is 14.3. The molecule has 2 aliphatic rings. The molecule has 6 rings (SSSR count). The fourth-order valence-corrected chi connectivity index (χ4v) is 5.74. The maximum atomic E-state index is 14.3. The van der Waals surface area contributed by atoms with Crippen LogP contribution in [-0.4, -0.2) is 34.6 Å². The van der Waals surface area contributed by atoms with Crippen LogP contribution in [0, 0.1) is 5.82 Å². The highest BCUT2D eigenvalue weighted by Gasteiger charge is 2.45. The molecule has 3 heterocycles. The molecule has 4 aromatic rings. The van der Waals surface area contributed by atoms with E-state index in [0.717, 1.165) is 30.2 Å². The van der Waals surface area contributed by atoms with Crippen LogP contribution < -0.4 is 9.64 Å². The maximum Gasteiger partial charge on any atom is 0.166 e. The molecule has 0 atom stereocenters. The Morgan fingerprint density at radius 3 is 2.51 bits per heavy atom. The van der Waals surface area contributed by atoms with Crippen molar-refractivity contribution in [3.8, 4) is 17.0 Å². The predicted octanol–water partition coefficient (Wildman–Crippen LogP) is 6.81. The van der Waals surface area contributed by atoms with Crippen molar-refractivity contribution < 1.29 is 23.6 Å². The van der Waals surface area contributed by atoms with Gasteiger partial charge in [-0.1, -0.05) is 52.1 Å². The van der Waals surface area contributed by atoms with E-state index < -0.39 is 11.4 Å². The lowest BCUT2D eigenvalue weighted by atomic mass is 9.86. The second-order valence-corrected chi connectivity index (χ2v) is 11.0. The number of pyridine rings is 1. The lowest BCUT2D eigenvalue weighted by molar-refractivity contribution is 0.00671. The number of rotatable bonds is 8. The summed E-state index contributed by atoms with van der Waals surface area (Å²) in [7, 11) is 0. The Bertz CT molecular complexity index is 1560. The summed E-state index contributed by atoms with van der Waals surface area (Å²) < 4.78 is 26.1. The molecule has 1 N–H and O–H groups in total. The van der Waals surface area contributed by atoms with E-state index in [9.17, 15) is 14.3 Å². The second kappa shape index (κ2) is 10.1. The number of aliphatic hydroxyl groups is 1. The van der Waals surface area contributed by atoms with Crippen LogP contribution in [0.15, 0.2) is 53.2 Å². The molecule has 0 spiro atoms. The Labute approximate surface area is 238 Å². The van der Waals surface area contributed by atoms with Crippen molar-refractivity contribution in [2.24, 2.45) is 0 Å². The van der Waals surface area contributed by atoms with Crippen molar-refractivity contribution in [1.82, 2.24) is 10.1 Å². The number of aldehydes is 1. The molecule has 2 aromatic carbocycles. The second-order valence-electron chi connectivity index (χ2n) is 9.75. The molecule has 1 aliphatic heterocycles. The third-order valence-electron chi connectivity index (χ3n) is 6.97. The molecule has 2 fully saturated rings. The number of benzene rings is 2. The fraction of sp³-hybridized carbons (Fsp3) is 0.250. The molecule has 1 saturated carbocycles. The Morgan fingerprint density at radius 1 is 1.13 bits per heavy atom. The molecular formula is C28H21Cl3FN3O4. The van der Waals surface area contributed by atoms with E-state index >= 15 is 0 Å². The SMILES string of the molecule is O=Cc1cnc(N2CC(O)(c3ccc(OCc4c(-c5c(Cl)cccc5Cl)noc4C4CC4)cc3Cl)C2)c(F)c1. The van der Waals surface area contributed by atoms with Crippen LogP contribution in [0.25, 0.3) is 11.3 Å². The summed E-state index contributed by atoms with van der Waals surface area (Å²) in [5.41, 5.74) is 1.24. The van der Waals surface area contributed by atoms with Gasteiger partial charge < -0.3 is 19.3 Å². The lowest BCUT2D eigenvalue weighted by Gasteiger charge is -2.47. The molecule has 0 unspecified atom stereocenters. The normalized spacial score (nSPS) is 16.2. The van der Waals surface area contributed by atoms with E-state index in [1.807, 2.05) is 0 Å². The average molecular weight is 589 g/mol. The number of anilines is 1. The molecule has 7 nitrogen and oxygen atoms in total. The first-order chi connectivity index (χ1) is 18.8. The van der Waals surface area contributed by atoms with Crippen LogP contribution in [0.4, 0.5) is 10.2 Å². The molecule has 2 aromatic heterocycles.